The molecule has 0 spiro atoms. The van der Waals surface area contributed by atoms with Crippen molar-refractivity contribution in [3.63, 3.8) is 0 Å². The second-order valence-corrected chi connectivity index (χ2v) is 4.09. The van der Waals surface area contributed by atoms with Gasteiger partial charge in [-0.3, -0.25) is 0 Å². The number of hydrogen-bond donors (Lipinski definition) is 1. The molecule has 0 saturated heterocycles. The molecule has 0 aromatic rings. The lowest BCUT2D eigenvalue weighted by Gasteiger charge is -2.27. The highest BCUT2D eigenvalue weighted by Crippen LogP contribution is 2.41. The second-order valence-electron chi connectivity index (χ2n) is 4.09. The van der Waals surface area contributed by atoms with Gasteiger partial charge in [0.1, 0.15) is 0 Å². The SMILES string of the molecule is CCC(O)(COC(C)C)C1CC1. The first kappa shape index (κ1) is 10.0. The van der Waals surface area contributed by atoms with E-state index >= 15 is 0 Å². The van der Waals surface area contributed by atoms with E-state index in [-0.39, 0.29) is 6.10 Å². The maximum Gasteiger partial charge on any atom is 0.0905 e. The first-order valence-corrected chi connectivity index (χ1v) is 4.92. The van der Waals surface area contributed by atoms with Crippen LogP contribution in [0, 0.1) is 5.92 Å². The van der Waals surface area contributed by atoms with Crippen LogP contribution < -0.4 is 0 Å². The lowest BCUT2D eigenvalue weighted by molar-refractivity contribution is -0.0798. The van der Waals surface area contributed by atoms with Crippen LogP contribution in [0.1, 0.15) is 40.0 Å². The summed E-state index contributed by atoms with van der Waals surface area (Å²) in [6.07, 6.45) is 3.38. The molecule has 1 aliphatic carbocycles. The number of hydrogen-bond acceptors (Lipinski definition) is 2. The molecule has 0 aliphatic heterocycles. The van der Waals surface area contributed by atoms with Crippen molar-refractivity contribution in [1.82, 2.24) is 0 Å². The van der Waals surface area contributed by atoms with Crippen molar-refractivity contribution in [3.8, 4) is 0 Å². The van der Waals surface area contributed by atoms with E-state index in [0.29, 0.717) is 12.5 Å². The molecular formula is C10H20O2. The van der Waals surface area contributed by atoms with Gasteiger partial charge < -0.3 is 9.84 Å². The zero-order chi connectivity index (χ0) is 9.19. The van der Waals surface area contributed by atoms with Crippen molar-refractivity contribution >= 4 is 0 Å². The van der Waals surface area contributed by atoms with Gasteiger partial charge in [-0.1, -0.05) is 6.92 Å². The Bertz CT molecular complexity index is 141. The fraction of sp³-hybridized carbons (Fsp3) is 1.00. The lowest BCUT2D eigenvalue weighted by atomic mass is 9.96. The van der Waals surface area contributed by atoms with E-state index in [2.05, 4.69) is 0 Å². The highest BCUT2D eigenvalue weighted by Gasteiger charge is 2.42. The normalized spacial score (nSPS) is 22.8. The van der Waals surface area contributed by atoms with E-state index in [0.717, 1.165) is 6.42 Å². The van der Waals surface area contributed by atoms with Gasteiger partial charge in [0.2, 0.25) is 0 Å². The summed E-state index contributed by atoms with van der Waals surface area (Å²) in [5, 5.41) is 10.1. The summed E-state index contributed by atoms with van der Waals surface area (Å²) in [5.41, 5.74) is -0.537. The van der Waals surface area contributed by atoms with Crippen LogP contribution in [0.15, 0.2) is 0 Å². The second kappa shape index (κ2) is 3.75. The molecule has 1 N–H and O–H groups in total. The molecule has 1 unspecified atom stereocenters. The third-order valence-electron chi connectivity index (χ3n) is 2.62. The Labute approximate surface area is 74.9 Å². The van der Waals surface area contributed by atoms with E-state index in [1.165, 1.54) is 12.8 Å². The fourth-order valence-corrected chi connectivity index (χ4v) is 1.44. The summed E-state index contributed by atoms with van der Waals surface area (Å²) in [4.78, 5) is 0. The Morgan fingerprint density at radius 2 is 2.08 bits per heavy atom. The molecule has 1 aliphatic rings. The molecule has 1 rings (SSSR count). The van der Waals surface area contributed by atoms with Gasteiger partial charge in [-0.15, -0.1) is 0 Å². The van der Waals surface area contributed by atoms with Crippen LogP contribution in [0.3, 0.4) is 0 Å². The minimum Gasteiger partial charge on any atom is -0.387 e. The highest BCUT2D eigenvalue weighted by atomic mass is 16.5. The van der Waals surface area contributed by atoms with Crippen LogP contribution in [0.5, 0.6) is 0 Å². The third kappa shape index (κ3) is 2.46. The summed E-state index contributed by atoms with van der Waals surface area (Å²) in [6.45, 7) is 6.54. The van der Waals surface area contributed by atoms with Crippen LogP contribution in [-0.4, -0.2) is 23.4 Å². The summed E-state index contributed by atoms with van der Waals surface area (Å²) in [7, 11) is 0. The van der Waals surface area contributed by atoms with Crippen molar-refractivity contribution in [2.75, 3.05) is 6.61 Å². The average Bonchev–Trinajstić information content (AvgIpc) is 2.82. The van der Waals surface area contributed by atoms with Gasteiger partial charge in [0.05, 0.1) is 18.3 Å². The molecule has 72 valence electrons. The van der Waals surface area contributed by atoms with Gasteiger partial charge in [-0.05, 0) is 39.0 Å². The zero-order valence-electron chi connectivity index (χ0n) is 8.34. The summed E-state index contributed by atoms with van der Waals surface area (Å²) in [6, 6.07) is 0. The Morgan fingerprint density at radius 3 is 2.42 bits per heavy atom. The standard InChI is InChI=1S/C10H20O2/c1-4-10(11,9-5-6-9)7-12-8(2)3/h8-9,11H,4-7H2,1-3H3. The van der Waals surface area contributed by atoms with Crippen molar-refractivity contribution in [3.05, 3.63) is 0 Å². The first-order chi connectivity index (χ1) is 5.58. The minimum absolute atomic E-state index is 0.224. The molecule has 1 fully saturated rings. The zero-order valence-corrected chi connectivity index (χ0v) is 8.34. The predicted octanol–water partition coefficient (Wildman–Crippen LogP) is 1.96. The van der Waals surface area contributed by atoms with E-state index in [1.54, 1.807) is 0 Å². The van der Waals surface area contributed by atoms with Gasteiger partial charge in [0, 0.05) is 0 Å². The molecule has 12 heavy (non-hydrogen) atoms. The smallest absolute Gasteiger partial charge is 0.0905 e. The van der Waals surface area contributed by atoms with Crippen molar-refractivity contribution in [2.45, 2.75) is 51.7 Å². The molecule has 0 aromatic heterocycles. The molecule has 1 atom stereocenters. The number of rotatable bonds is 5. The number of ether oxygens (including phenoxy) is 1. The quantitative estimate of drug-likeness (QED) is 0.687. The maximum absolute atomic E-state index is 10.1. The molecular weight excluding hydrogens is 152 g/mol. The van der Waals surface area contributed by atoms with Crippen LogP contribution >= 0.6 is 0 Å². The van der Waals surface area contributed by atoms with Crippen LogP contribution in [0.4, 0.5) is 0 Å². The van der Waals surface area contributed by atoms with E-state index < -0.39 is 5.60 Å². The van der Waals surface area contributed by atoms with Crippen molar-refractivity contribution in [2.24, 2.45) is 5.92 Å². The molecule has 0 radical (unpaired) electrons. The average molecular weight is 172 g/mol. The Kier molecular flexibility index (Phi) is 3.13. The monoisotopic (exact) mass is 172 g/mol. The summed E-state index contributed by atoms with van der Waals surface area (Å²) < 4.78 is 5.45. The lowest BCUT2D eigenvalue weighted by Crippen LogP contribution is -2.37. The molecule has 0 bridgehead atoms. The highest BCUT2D eigenvalue weighted by molar-refractivity contribution is 4.93. The fourth-order valence-electron chi connectivity index (χ4n) is 1.44. The van der Waals surface area contributed by atoms with Gasteiger partial charge in [-0.2, -0.15) is 0 Å². The topological polar surface area (TPSA) is 29.5 Å². The summed E-state index contributed by atoms with van der Waals surface area (Å²) >= 11 is 0. The van der Waals surface area contributed by atoms with E-state index in [1.807, 2.05) is 20.8 Å². The van der Waals surface area contributed by atoms with Gasteiger partial charge in [-0.25, -0.2) is 0 Å². The minimum atomic E-state index is -0.537. The third-order valence-corrected chi connectivity index (χ3v) is 2.62. The molecule has 1 saturated carbocycles. The predicted molar refractivity (Wildman–Crippen MR) is 49.1 cm³/mol. The van der Waals surface area contributed by atoms with E-state index in [9.17, 15) is 5.11 Å². The Balaban J connectivity index is 2.33. The Hall–Kier alpha value is -0.0800. The molecule has 0 aromatic carbocycles. The van der Waals surface area contributed by atoms with Gasteiger partial charge in [0.25, 0.3) is 0 Å². The van der Waals surface area contributed by atoms with Crippen LogP contribution in [0.2, 0.25) is 0 Å². The van der Waals surface area contributed by atoms with Gasteiger partial charge >= 0.3 is 0 Å². The Morgan fingerprint density at radius 1 is 1.50 bits per heavy atom. The molecule has 2 heteroatoms. The van der Waals surface area contributed by atoms with Crippen molar-refractivity contribution < 1.29 is 9.84 Å². The molecule has 0 amide bonds. The summed E-state index contributed by atoms with van der Waals surface area (Å²) in [5.74, 6) is 0.501. The van der Waals surface area contributed by atoms with E-state index in [4.69, 9.17) is 4.74 Å². The van der Waals surface area contributed by atoms with Crippen molar-refractivity contribution in [1.29, 1.82) is 0 Å². The van der Waals surface area contributed by atoms with Crippen LogP contribution in [0.25, 0.3) is 0 Å². The molecule has 2 nitrogen and oxygen atoms in total. The molecule has 0 heterocycles. The van der Waals surface area contributed by atoms with Crippen LogP contribution in [-0.2, 0) is 4.74 Å². The van der Waals surface area contributed by atoms with Gasteiger partial charge in [0.15, 0.2) is 0 Å². The largest absolute Gasteiger partial charge is 0.387 e. The first-order valence-electron chi connectivity index (χ1n) is 4.92. The number of aliphatic hydroxyl groups is 1. The maximum atomic E-state index is 10.1.